The molecule has 14 heavy (non-hydrogen) atoms. The van der Waals surface area contributed by atoms with Crippen molar-refractivity contribution in [3.05, 3.63) is 10.2 Å². The number of rotatable bonds is 6. The van der Waals surface area contributed by atoms with Crippen LogP contribution in [0.15, 0.2) is 10.2 Å². The molecule has 0 N–H and O–H groups in total. The van der Waals surface area contributed by atoms with E-state index in [1.807, 2.05) is 0 Å². The zero-order valence-electron chi connectivity index (χ0n) is 9.88. The van der Waals surface area contributed by atoms with Crippen LogP contribution >= 0.6 is 0 Å². The van der Waals surface area contributed by atoms with Crippen LogP contribution in [0.5, 0.6) is 0 Å². The maximum atomic E-state index is 6.25. The summed E-state index contributed by atoms with van der Waals surface area (Å²) in [5.74, 6) is 0. The van der Waals surface area contributed by atoms with Gasteiger partial charge in [0.2, 0.25) is 0 Å². The van der Waals surface area contributed by atoms with E-state index < -0.39 is 18.8 Å². The van der Waals surface area contributed by atoms with Crippen LogP contribution in [0, 0.1) is 0 Å². The Balaban J connectivity index is 2.47. The van der Waals surface area contributed by atoms with E-state index in [4.69, 9.17) is 3.07 Å². The Morgan fingerprint density at radius 3 is 2.07 bits per heavy atom. The van der Waals surface area contributed by atoms with E-state index in [-0.39, 0.29) is 0 Å². The minimum absolute atomic E-state index is 0.416. The number of hydrogen-bond donors (Lipinski definition) is 0. The molecular formula is C12H24OSn. The molecule has 82 valence electrons. The van der Waals surface area contributed by atoms with Crippen LogP contribution in [0.2, 0.25) is 8.87 Å². The monoisotopic (exact) mass is 304 g/mol. The molecule has 1 aliphatic rings. The van der Waals surface area contributed by atoms with Gasteiger partial charge in [-0.25, -0.2) is 0 Å². The molecule has 1 rings (SSSR count). The second-order valence-electron chi connectivity index (χ2n) is 4.45. The molecule has 1 aliphatic heterocycles. The van der Waals surface area contributed by atoms with E-state index >= 15 is 0 Å². The molecule has 0 spiro atoms. The summed E-state index contributed by atoms with van der Waals surface area (Å²) in [6, 6.07) is 0. The molecule has 0 fully saturated rings. The Morgan fingerprint density at radius 2 is 1.71 bits per heavy atom. The van der Waals surface area contributed by atoms with Crippen molar-refractivity contribution in [3.63, 3.8) is 0 Å². The Hall–Kier alpha value is 0.499. The fourth-order valence-electron chi connectivity index (χ4n) is 2.12. The molecule has 1 nitrogen and oxygen atoms in total. The van der Waals surface area contributed by atoms with Gasteiger partial charge in [0.05, 0.1) is 0 Å². The summed E-state index contributed by atoms with van der Waals surface area (Å²) in [6.45, 7) is 6.75. The molecule has 0 amide bonds. The first-order valence-corrected chi connectivity index (χ1v) is 12.9. The Kier molecular flexibility index (Phi) is 5.53. The molecule has 1 unspecified atom stereocenters. The molecule has 0 aliphatic carbocycles. The van der Waals surface area contributed by atoms with Gasteiger partial charge < -0.3 is 0 Å². The van der Waals surface area contributed by atoms with Gasteiger partial charge in [0, 0.05) is 0 Å². The molecule has 0 saturated carbocycles. The van der Waals surface area contributed by atoms with Crippen molar-refractivity contribution >= 4 is 18.8 Å². The third kappa shape index (κ3) is 3.58. The van der Waals surface area contributed by atoms with Crippen molar-refractivity contribution in [2.45, 2.75) is 61.4 Å². The molecular weight excluding hydrogens is 279 g/mol. The molecule has 0 aromatic carbocycles. The Labute approximate surface area is 93.3 Å². The predicted octanol–water partition coefficient (Wildman–Crippen LogP) is 4.05. The van der Waals surface area contributed by atoms with E-state index in [1.165, 1.54) is 34.6 Å². The van der Waals surface area contributed by atoms with Gasteiger partial charge in [-0.05, 0) is 0 Å². The molecule has 0 bridgehead atoms. The van der Waals surface area contributed by atoms with Crippen molar-refractivity contribution < 1.29 is 3.07 Å². The SMILES string of the molecule is CCC[CH2][Sn]1([CH2]CCC)[CH]=CC(C)[O]1. The second-order valence-corrected chi connectivity index (χ2v) is 15.0. The van der Waals surface area contributed by atoms with Gasteiger partial charge in [-0.15, -0.1) is 0 Å². The van der Waals surface area contributed by atoms with Crippen LogP contribution in [0.25, 0.3) is 0 Å². The zero-order chi connectivity index (χ0) is 10.4. The van der Waals surface area contributed by atoms with Crippen LogP contribution in [-0.2, 0) is 3.07 Å². The van der Waals surface area contributed by atoms with E-state index in [1.54, 1.807) is 0 Å². The molecule has 0 aromatic heterocycles. The van der Waals surface area contributed by atoms with Crippen LogP contribution in [0.4, 0.5) is 0 Å². The van der Waals surface area contributed by atoms with Gasteiger partial charge >= 0.3 is 93.5 Å². The number of hydrogen-bond acceptors (Lipinski definition) is 1. The molecule has 1 heterocycles. The Morgan fingerprint density at radius 1 is 1.14 bits per heavy atom. The maximum absolute atomic E-state index is 6.25. The second kappa shape index (κ2) is 6.16. The standard InChI is InChI=1S/C4H6O.2C4H9.Sn/c1-3-4(2)5;2*1-3-4-2;/h1,3-4H,2H3;2*1,3-4H2,2H3;/q-1;;;+1. The van der Waals surface area contributed by atoms with Crippen LogP contribution in [-0.4, -0.2) is 24.9 Å². The first-order chi connectivity index (χ1) is 6.72. The van der Waals surface area contributed by atoms with Gasteiger partial charge in [-0.2, -0.15) is 0 Å². The summed E-state index contributed by atoms with van der Waals surface area (Å²) >= 11 is -2.19. The fraction of sp³-hybridized carbons (Fsp3) is 0.833. The summed E-state index contributed by atoms with van der Waals surface area (Å²) in [4.78, 5) is 0. The van der Waals surface area contributed by atoms with Crippen molar-refractivity contribution in [3.8, 4) is 0 Å². The van der Waals surface area contributed by atoms with Crippen molar-refractivity contribution in [1.82, 2.24) is 0 Å². The normalized spacial score (nSPS) is 24.4. The van der Waals surface area contributed by atoms with E-state index in [0.29, 0.717) is 6.10 Å². The Bertz CT molecular complexity index is 181. The van der Waals surface area contributed by atoms with Crippen LogP contribution < -0.4 is 0 Å². The molecule has 0 saturated heterocycles. The first kappa shape index (κ1) is 12.6. The van der Waals surface area contributed by atoms with Crippen molar-refractivity contribution in [2.24, 2.45) is 0 Å². The molecule has 2 heteroatoms. The quantitative estimate of drug-likeness (QED) is 0.673. The van der Waals surface area contributed by atoms with Crippen LogP contribution in [0.1, 0.15) is 46.5 Å². The number of unbranched alkanes of at least 4 members (excludes halogenated alkanes) is 2. The summed E-state index contributed by atoms with van der Waals surface area (Å²) < 4.78 is 11.6. The zero-order valence-corrected chi connectivity index (χ0v) is 12.7. The fourth-order valence-corrected chi connectivity index (χ4v) is 14.2. The van der Waals surface area contributed by atoms with Gasteiger partial charge in [-0.3, -0.25) is 0 Å². The molecule has 0 radical (unpaired) electrons. The summed E-state index contributed by atoms with van der Waals surface area (Å²) in [7, 11) is 0. The van der Waals surface area contributed by atoms with Gasteiger partial charge in [0.15, 0.2) is 0 Å². The average Bonchev–Trinajstić information content (AvgIpc) is 2.55. The topological polar surface area (TPSA) is 9.23 Å². The van der Waals surface area contributed by atoms with Gasteiger partial charge in [0.1, 0.15) is 0 Å². The predicted molar refractivity (Wildman–Crippen MR) is 64.9 cm³/mol. The summed E-state index contributed by atoms with van der Waals surface area (Å²) in [5, 5.41) is 0. The average molecular weight is 303 g/mol. The van der Waals surface area contributed by atoms with Crippen molar-refractivity contribution in [1.29, 1.82) is 0 Å². The van der Waals surface area contributed by atoms with E-state index in [0.717, 1.165) is 0 Å². The first-order valence-electron chi connectivity index (χ1n) is 6.09. The third-order valence-corrected chi connectivity index (χ3v) is 14.5. The van der Waals surface area contributed by atoms with Crippen molar-refractivity contribution in [2.75, 3.05) is 0 Å². The third-order valence-electron chi connectivity index (χ3n) is 3.00. The van der Waals surface area contributed by atoms with Crippen LogP contribution in [0.3, 0.4) is 0 Å². The summed E-state index contributed by atoms with van der Waals surface area (Å²) in [5.41, 5.74) is 0. The van der Waals surface area contributed by atoms with Gasteiger partial charge in [-0.1, -0.05) is 0 Å². The molecule has 0 aromatic rings. The summed E-state index contributed by atoms with van der Waals surface area (Å²) in [6.07, 6.45) is 8.10. The minimum atomic E-state index is -2.19. The van der Waals surface area contributed by atoms with E-state index in [2.05, 4.69) is 30.9 Å². The molecule has 1 atom stereocenters. The van der Waals surface area contributed by atoms with Gasteiger partial charge in [0.25, 0.3) is 0 Å². The van der Waals surface area contributed by atoms with E-state index in [9.17, 15) is 0 Å².